The van der Waals surface area contributed by atoms with E-state index in [9.17, 15) is 4.79 Å². The molecule has 0 saturated heterocycles. The van der Waals surface area contributed by atoms with Gasteiger partial charge in [-0.25, -0.2) is 19.6 Å². The Balaban J connectivity index is 2.58. The van der Waals surface area contributed by atoms with Crippen LogP contribution in [-0.2, 0) is 0 Å². The highest BCUT2D eigenvalue weighted by atomic mass is 16.1. The molecule has 0 aromatic carbocycles. The molecule has 2 aromatic rings. The molecule has 0 spiro atoms. The quantitative estimate of drug-likeness (QED) is 0.796. The summed E-state index contributed by atoms with van der Waals surface area (Å²) in [6.45, 7) is 3.96. The van der Waals surface area contributed by atoms with Crippen molar-refractivity contribution in [3.8, 4) is 5.82 Å². The number of aromatic nitrogens is 4. The standard InChI is InChI=1S/C10H12N4O/c1-7(2)9-12-10(15)13-14(9)8-5-3-4-6-11-8/h3-7H,1-2H3,(H,13,15). The fraction of sp³-hybridized carbons (Fsp3) is 0.300. The molecule has 15 heavy (non-hydrogen) atoms. The molecule has 0 bridgehead atoms. The molecule has 0 saturated carbocycles. The topological polar surface area (TPSA) is 63.6 Å². The lowest BCUT2D eigenvalue weighted by Crippen LogP contribution is -2.07. The van der Waals surface area contributed by atoms with Crippen LogP contribution in [0.3, 0.4) is 0 Å². The van der Waals surface area contributed by atoms with Crippen molar-refractivity contribution in [2.45, 2.75) is 19.8 Å². The molecule has 5 nitrogen and oxygen atoms in total. The van der Waals surface area contributed by atoms with Crippen LogP contribution < -0.4 is 5.69 Å². The van der Waals surface area contributed by atoms with Crippen LogP contribution in [0.4, 0.5) is 0 Å². The van der Waals surface area contributed by atoms with Crippen LogP contribution in [0.25, 0.3) is 5.82 Å². The van der Waals surface area contributed by atoms with Gasteiger partial charge >= 0.3 is 5.69 Å². The van der Waals surface area contributed by atoms with Gasteiger partial charge in [-0.2, -0.15) is 4.98 Å². The second-order valence-electron chi connectivity index (χ2n) is 3.57. The molecule has 0 aliphatic carbocycles. The van der Waals surface area contributed by atoms with E-state index in [0.717, 1.165) is 0 Å². The number of pyridine rings is 1. The van der Waals surface area contributed by atoms with Crippen molar-refractivity contribution in [3.05, 3.63) is 40.7 Å². The maximum Gasteiger partial charge on any atom is 0.361 e. The zero-order chi connectivity index (χ0) is 10.8. The zero-order valence-electron chi connectivity index (χ0n) is 8.64. The summed E-state index contributed by atoms with van der Waals surface area (Å²) in [6, 6.07) is 5.52. The molecule has 0 unspecified atom stereocenters. The van der Waals surface area contributed by atoms with Crippen LogP contribution >= 0.6 is 0 Å². The first-order chi connectivity index (χ1) is 7.18. The molecular weight excluding hydrogens is 192 g/mol. The number of aromatic amines is 1. The molecule has 0 atom stereocenters. The molecular formula is C10H12N4O. The first kappa shape index (κ1) is 9.64. The van der Waals surface area contributed by atoms with E-state index in [1.165, 1.54) is 0 Å². The van der Waals surface area contributed by atoms with Crippen LogP contribution in [0.5, 0.6) is 0 Å². The summed E-state index contributed by atoms with van der Waals surface area (Å²) in [4.78, 5) is 19.2. The van der Waals surface area contributed by atoms with Gasteiger partial charge in [0.15, 0.2) is 5.82 Å². The van der Waals surface area contributed by atoms with Gasteiger partial charge in [-0.05, 0) is 12.1 Å². The molecule has 2 aromatic heterocycles. The number of H-pyrrole nitrogens is 1. The van der Waals surface area contributed by atoms with Gasteiger partial charge in [-0.1, -0.05) is 19.9 Å². The van der Waals surface area contributed by atoms with E-state index in [1.807, 2.05) is 32.0 Å². The van der Waals surface area contributed by atoms with Crippen LogP contribution in [0.1, 0.15) is 25.6 Å². The van der Waals surface area contributed by atoms with Crippen molar-refractivity contribution in [1.29, 1.82) is 0 Å². The molecule has 2 rings (SSSR count). The summed E-state index contributed by atoms with van der Waals surface area (Å²) < 4.78 is 1.62. The predicted molar refractivity (Wildman–Crippen MR) is 56.1 cm³/mol. The lowest BCUT2D eigenvalue weighted by molar-refractivity contribution is 0.702. The van der Waals surface area contributed by atoms with Gasteiger partial charge in [0.05, 0.1) is 0 Å². The van der Waals surface area contributed by atoms with Gasteiger partial charge in [-0.3, -0.25) is 0 Å². The maximum absolute atomic E-state index is 11.2. The number of nitrogens with one attached hydrogen (secondary N) is 1. The van der Waals surface area contributed by atoms with Gasteiger partial charge in [0, 0.05) is 12.1 Å². The summed E-state index contributed by atoms with van der Waals surface area (Å²) in [5, 5.41) is 2.63. The third-order valence-corrected chi connectivity index (χ3v) is 2.05. The highest BCUT2D eigenvalue weighted by Gasteiger charge is 2.11. The van der Waals surface area contributed by atoms with E-state index in [-0.39, 0.29) is 11.6 Å². The number of rotatable bonds is 2. The van der Waals surface area contributed by atoms with E-state index in [0.29, 0.717) is 11.6 Å². The maximum atomic E-state index is 11.2. The Morgan fingerprint density at radius 1 is 1.40 bits per heavy atom. The Morgan fingerprint density at radius 3 is 2.80 bits per heavy atom. The van der Waals surface area contributed by atoms with Crippen molar-refractivity contribution < 1.29 is 0 Å². The molecule has 0 amide bonds. The first-order valence-electron chi connectivity index (χ1n) is 4.79. The highest BCUT2D eigenvalue weighted by molar-refractivity contribution is 5.21. The molecule has 5 heteroatoms. The second kappa shape index (κ2) is 3.68. The third-order valence-electron chi connectivity index (χ3n) is 2.05. The molecule has 0 aliphatic heterocycles. The lowest BCUT2D eigenvalue weighted by Gasteiger charge is -2.07. The molecule has 0 aliphatic rings. The second-order valence-corrected chi connectivity index (χ2v) is 3.57. The van der Waals surface area contributed by atoms with E-state index >= 15 is 0 Å². The molecule has 0 fully saturated rings. The normalized spacial score (nSPS) is 10.9. The Labute approximate surface area is 86.8 Å². The molecule has 1 N–H and O–H groups in total. The molecule has 0 radical (unpaired) electrons. The molecule has 78 valence electrons. The van der Waals surface area contributed by atoms with Gasteiger partial charge in [0.2, 0.25) is 0 Å². The van der Waals surface area contributed by atoms with Crippen molar-refractivity contribution in [2.75, 3.05) is 0 Å². The lowest BCUT2D eigenvalue weighted by atomic mass is 10.2. The van der Waals surface area contributed by atoms with Gasteiger partial charge in [0.25, 0.3) is 0 Å². The van der Waals surface area contributed by atoms with E-state index < -0.39 is 0 Å². The number of hydrogen-bond donors (Lipinski definition) is 1. The average molecular weight is 204 g/mol. The summed E-state index contributed by atoms with van der Waals surface area (Å²) in [7, 11) is 0. The SMILES string of the molecule is CC(C)c1nc(=O)[nH]n1-c1ccccn1. The summed E-state index contributed by atoms with van der Waals surface area (Å²) in [5.41, 5.74) is -0.343. The largest absolute Gasteiger partial charge is 0.361 e. The van der Waals surface area contributed by atoms with Gasteiger partial charge < -0.3 is 0 Å². The van der Waals surface area contributed by atoms with E-state index in [4.69, 9.17) is 0 Å². The Bertz CT molecular complexity index is 498. The molecule has 2 heterocycles. The Hall–Kier alpha value is -1.91. The van der Waals surface area contributed by atoms with Crippen LogP contribution in [-0.4, -0.2) is 19.7 Å². The van der Waals surface area contributed by atoms with E-state index in [1.54, 1.807) is 10.9 Å². The summed E-state index contributed by atoms with van der Waals surface area (Å²) >= 11 is 0. The summed E-state index contributed by atoms with van der Waals surface area (Å²) in [5.74, 6) is 1.54. The monoisotopic (exact) mass is 204 g/mol. The predicted octanol–water partition coefficient (Wildman–Crippen LogP) is 1.08. The third kappa shape index (κ3) is 1.81. The zero-order valence-corrected chi connectivity index (χ0v) is 8.64. The minimum absolute atomic E-state index is 0.172. The van der Waals surface area contributed by atoms with Crippen molar-refractivity contribution in [3.63, 3.8) is 0 Å². The van der Waals surface area contributed by atoms with Crippen molar-refractivity contribution in [1.82, 2.24) is 19.7 Å². The van der Waals surface area contributed by atoms with Crippen molar-refractivity contribution >= 4 is 0 Å². The Kier molecular flexibility index (Phi) is 2.37. The fourth-order valence-corrected chi connectivity index (χ4v) is 1.38. The highest BCUT2D eigenvalue weighted by Crippen LogP contribution is 2.12. The average Bonchev–Trinajstić information content (AvgIpc) is 2.62. The smallest absolute Gasteiger partial charge is 0.244 e. The van der Waals surface area contributed by atoms with Crippen LogP contribution in [0.15, 0.2) is 29.2 Å². The van der Waals surface area contributed by atoms with Gasteiger partial charge in [-0.15, -0.1) is 0 Å². The Morgan fingerprint density at radius 2 is 2.20 bits per heavy atom. The minimum atomic E-state index is -0.343. The minimum Gasteiger partial charge on any atom is -0.244 e. The van der Waals surface area contributed by atoms with Crippen LogP contribution in [0, 0.1) is 0 Å². The van der Waals surface area contributed by atoms with Crippen LogP contribution in [0.2, 0.25) is 0 Å². The van der Waals surface area contributed by atoms with Crippen molar-refractivity contribution in [2.24, 2.45) is 0 Å². The van der Waals surface area contributed by atoms with Gasteiger partial charge in [0.1, 0.15) is 5.82 Å². The first-order valence-corrected chi connectivity index (χ1v) is 4.79. The number of hydrogen-bond acceptors (Lipinski definition) is 3. The fourth-order valence-electron chi connectivity index (χ4n) is 1.38. The number of nitrogens with zero attached hydrogens (tertiary/aromatic N) is 3. The summed E-state index contributed by atoms with van der Waals surface area (Å²) in [6.07, 6.45) is 1.68. The van der Waals surface area contributed by atoms with E-state index in [2.05, 4.69) is 15.1 Å².